The number of aromatic amines is 1. The van der Waals surface area contributed by atoms with Gasteiger partial charge in [0.25, 0.3) is 0 Å². The molecule has 6 rings (SSSR count). The molecule has 0 fully saturated rings. The van der Waals surface area contributed by atoms with Gasteiger partial charge in [0.05, 0.1) is 18.4 Å². The maximum absolute atomic E-state index is 15.7. The van der Waals surface area contributed by atoms with Crippen molar-refractivity contribution in [2.45, 2.75) is 71.6 Å². The third-order valence-corrected chi connectivity index (χ3v) is 10.2. The van der Waals surface area contributed by atoms with Crippen LogP contribution in [0, 0.1) is 17.2 Å². The fraction of sp³-hybridized carbons (Fsp3) is 0.425. The molecule has 4 heterocycles. The summed E-state index contributed by atoms with van der Waals surface area (Å²) in [5, 5.41) is 5.78. The number of pyridine rings is 1. The fourth-order valence-corrected chi connectivity index (χ4v) is 7.36. The number of hydrogen-bond acceptors (Lipinski definition) is 7. The summed E-state index contributed by atoms with van der Waals surface area (Å²) in [5.41, 5.74) is 3.08. The molecule has 1 aliphatic rings. The third kappa shape index (κ3) is 7.52. The maximum Gasteiger partial charge on any atom is 0.308 e. The molecular formula is C40H47FN6O4. The Bertz CT molecular complexity index is 2070. The Morgan fingerprint density at radius 1 is 1.10 bits per heavy atom. The summed E-state index contributed by atoms with van der Waals surface area (Å²) >= 11 is 0. The van der Waals surface area contributed by atoms with Crippen LogP contribution < -0.4 is 4.74 Å². The van der Waals surface area contributed by atoms with E-state index in [4.69, 9.17) is 19.6 Å². The van der Waals surface area contributed by atoms with E-state index in [1.807, 2.05) is 39.2 Å². The third-order valence-electron chi connectivity index (χ3n) is 10.2. The van der Waals surface area contributed by atoms with Gasteiger partial charge >= 0.3 is 5.97 Å². The van der Waals surface area contributed by atoms with Gasteiger partial charge in [0, 0.05) is 68.1 Å². The molecule has 0 spiro atoms. The first-order valence-electron chi connectivity index (χ1n) is 17.5. The van der Waals surface area contributed by atoms with Crippen molar-refractivity contribution in [3.63, 3.8) is 0 Å². The Morgan fingerprint density at radius 3 is 2.69 bits per heavy atom. The van der Waals surface area contributed by atoms with Gasteiger partial charge in [0.2, 0.25) is 5.91 Å². The van der Waals surface area contributed by atoms with Gasteiger partial charge in [-0.15, -0.1) is 0 Å². The van der Waals surface area contributed by atoms with Crippen molar-refractivity contribution >= 4 is 22.8 Å². The topological polar surface area (TPSA) is 115 Å². The Morgan fingerprint density at radius 2 is 1.90 bits per heavy atom. The number of esters is 1. The van der Waals surface area contributed by atoms with Crippen molar-refractivity contribution in [1.29, 1.82) is 0 Å². The van der Waals surface area contributed by atoms with E-state index >= 15 is 4.39 Å². The number of rotatable bonds is 4. The second kappa shape index (κ2) is 14.3. The van der Waals surface area contributed by atoms with Crippen LogP contribution >= 0.6 is 0 Å². The lowest BCUT2D eigenvalue weighted by molar-refractivity contribution is -0.144. The Kier molecular flexibility index (Phi) is 10.0. The average molecular weight is 695 g/mol. The summed E-state index contributed by atoms with van der Waals surface area (Å²) in [6.07, 6.45) is 6.88. The number of amides is 1. The van der Waals surface area contributed by atoms with Gasteiger partial charge in [-0.05, 0) is 61.3 Å². The average Bonchev–Trinajstić information content (AvgIpc) is 3.73. The Hall–Kier alpha value is -5.06. The molecule has 1 N–H and O–H groups in total. The smallest absolute Gasteiger partial charge is 0.308 e. The molecule has 1 aliphatic heterocycles. The van der Waals surface area contributed by atoms with Crippen molar-refractivity contribution in [2.75, 3.05) is 20.7 Å². The number of nitrogens with zero attached hydrogens (tertiary/aromatic N) is 5. The molecule has 10 nitrogen and oxygen atoms in total. The number of methoxy groups -OCH3 is 1. The molecule has 0 radical (unpaired) electrons. The molecular weight excluding hydrogens is 647 g/mol. The van der Waals surface area contributed by atoms with Crippen LogP contribution in [0.15, 0.2) is 60.9 Å². The van der Waals surface area contributed by atoms with Crippen LogP contribution in [0.3, 0.4) is 0 Å². The van der Waals surface area contributed by atoms with Gasteiger partial charge in [-0.3, -0.25) is 14.6 Å². The van der Waals surface area contributed by atoms with Crippen LogP contribution in [0.5, 0.6) is 11.5 Å². The predicted octanol–water partition coefficient (Wildman–Crippen LogP) is 7.55. The number of fused-ring (bicyclic) bond motifs is 8. The SMILES string of the molecule is COC(=O)[C@@H](C)Cc1cccc([C@@]2(C)CCCC(C)(C)CN(C)C(=O)CCc3c(c(F)cc4[nH]ccc34)Oc3ccnc(c3)-c3nc2nn3C)c1. The molecule has 2 aromatic carbocycles. The zero-order chi connectivity index (χ0) is 36.5. The highest BCUT2D eigenvalue weighted by Crippen LogP contribution is 2.40. The maximum atomic E-state index is 15.7. The second-order valence-electron chi connectivity index (χ2n) is 14.9. The van der Waals surface area contributed by atoms with E-state index in [-0.39, 0.29) is 35.4 Å². The highest BCUT2D eigenvalue weighted by molar-refractivity contribution is 5.86. The minimum absolute atomic E-state index is 0.0150. The van der Waals surface area contributed by atoms with Crippen molar-refractivity contribution in [3.8, 4) is 23.0 Å². The minimum Gasteiger partial charge on any atom is -0.469 e. The van der Waals surface area contributed by atoms with Crippen molar-refractivity contribution in [1.82, 2.24) is 29.6 Å². The van der Waals surface area contributed by atoms with E-state index in [0.29, 0.717) is 53.6 Å². The predicted molar refractivity (Wildman–Crippen MR) is 194 cm³/mol. The molecule has 0 saturated carbocycles. The number of H-pyrrole nitrogens is 1. The number of nitrogens with one attached hydrogen (secondary N) is 1. The van der Waals surface area contributed by atoms with Gasteiger partial charge in [-0.2, -0.15) is 5.10 Å². The first kappa shape index (κ1) is 35.8. The molecule has 1 amide bonds. The van der Waals surface area contributed by atoms with E-state index in [0.717, 1.165) is 35.8 Å². The minimum atomic E-state index is -0.598. The summed E-state index contributed by atoms with van der Waals surface area (Å²) in [6, 6.07) is 15.0. The molecule has 0 saturated heterocycles. The molecule has 3 aromatic heterocycles. The number of carbonyl (C=O) groups excluding carboxylic acids is 2. The van der Waals surface area contributed by atoms with Gasteiger partial charge in [0.15, 0.2) is 23.2 Å². The number of halogens is 1. The lowest BCUT2D eigenvalue weighted by atomic mass is 9.74. The molecule has 0 aliphatic carbocycles. The highest BCUT2D eigenvalue weighted by atomic mass is 19.1. The number of aromatic nitrogens is 5. The van der Waals surface area contributed by atoms with Gasteiger partial charge < -0.3 is 19.4 Å². The van der Waals surface area contributed by atoms with Crippen LogP contribution in [0.1, 0.15) is 75.9 Å². The lowest BCUT2D eigenvalue weighted by Gasteiger charge is -2.33. The van der Waals surface area contributed by atoms with E-state index in [9.17, 15) is 9.59 Å². The standard InChI is InChI=1S/C40H47FN6O4/c1-25(37(49)50-7)20-26-10-8-11-27(21-26)40(4)17-9-16-39(2,3)24-46(5)34(48)13-12-30-29-15-19-42-32(29)23-31(41)35(30)51-28-14-18-43-33(22-28)36-44-38(40)45-47(36)6/h8,10-11,14-15,18-19,21-23,25,42H,9,12-13,16-17,20,24H2,1-7H3/t25-,40+/m0/s1. The van der Waals surface area contributed by atoms with Crippen molar-refractivity contribution in [3.05, 3.63) is 89.3 Å². The number of aryl methyl sites for hydroxylation is 2. The number of carbonyl (C=O) groups is 2. The molecule has 5 aromatic rings. The Balaban J connectivity index is 1.45. The Labute approximate surface area is 298 Å². The normalized spacial score (nSPS) is 19.0. The molecule has 11 heteroatoms. The van der Waals surface area contributed by atoms with Gasteiger partial charge in [-0.25, -0.2) is 14.1 Å². The number of ether oxygens (including phenoxy) is 2. The molecule has 0 unspecified atom stereocenters. The largest absolute Gasteiger partial charge is 0.469 e. The second-order valence-corrected chi connectivity index (χ2v) is 14.9. The van der Waals surface area contributed by atoms with E-state index in [2.05, 4.69) is 42.9 Å². The monoisotopic (exact) mass is 694 g/mol. The van der Waals surface area contributed by atoms with E-state index in [1.165, 1.54) is 13.2 Å². The van der Waals surface area contributed by atoms with Crippen LogP contribution in [-0.2, 0) is 39.6 Å². The summed E-state index contributed by atoms with van der Waals surface area (Å²) < 4.78 is 28.7. The number of hydrogen-bond donors (Lipinski definition) is 1. The summed E-state index contributed by atoms with van der Waals surface area (Å²) in [7, 11) is 5.09. The molecule has 51 heavy (non-hydrogen) atoms. The molecule has 4 bridgehead atoms. The van der Waals surface area contributed by atoms with Crippen molar-refractivity contribution < 1.29 is 23.5 Å². The highest BCUT2D eigenvalue weighted by Gasteiger charge is 2.36. The first-order chi connectivity index (χ1) is 24.3. The van der Waals surface area contributed by atoms with Crippen LogP contribution in [-0.4, -0.2) is 62.2 Å². The van der Waals surface area contributed by atoms with Crippen LogP contribution in [0.2, 0.25) is 0 Å². The van der Waals surface area contributed by atoms with Gasteiger partial charge in [-0.1, -0.05) is 51.5 Å². The van der Waals surface area contributed by atoms with Gasteiger partial charge in [0.1, 0.15) is 11.4 Å². The fourth-order valence-electron chi connectivity index (χ4n) is 7.36. The summed E-state index contributed by atoms with van der Waals surface area (Å²) in [6.45, 7) is 8.97. The van der Waals surface area contributed by atoms with Crippen LogP contribution in [0.4, 0.5) is 4.39 Å². The summed E-state index contributed by atoms with van der Waals surface area (Å²) in [4.78, 5) is 40.4. The zero-order valence-electron chi connectivity index (χ0n) is 30.5. The van der Waals surface area contributed by atoms with E-state index in [1.54, 1.807) is 34.1 Å². The van der Waals surface area contributed by atoms with Crippen LogP contribution in [0.25, 0.3) is 22.4 Å². The number of benzene rings is 2. The lowest BCUT2D eigenvalue weighted by Crippen LogP contribution is -2.36. The molecule has 268 valence electrons. The molecule has 2 atom stereocenters. The zero-order valence-corrected chi connectivity index (χ0v) is 30.5. The van der Waals surface area contributed by atoms with E-state index < -0.39 is 11.2 Å². The quantitative estimate of drug-likeness (QED) is 0.193. The van der Waals surface area contributed by atoms with Crippen molar-refractivity contribution in [2.24, 2.45) is 18.4 Å². The summed E-state index contributed by atoms with van der Waals surface area (Å²) in [5.74, 6) is 0.582. The first-order valence-corrected chi connectivity index (χ1v) is 17.5.